The van der Waals surface area contributed by atoms with Crippen molar-refractivity contribution in [2.45, 2.75) is 37.9 Å². The van der Waals surface area contributed by atoms with Crippen LogP contribution in [-0.4, -0.2) is 109 Å². The molecule has 268 valence electrons. The van der Waals surface area contributed by atoms with Crippen molar-refractivity contribution in [3.63, 3.8) is 0 Å². The van der Waals surface area contributed by atoms with Gasteiger partial charge >= 0.3 is 0 Å². The van der Waals surface area contributed by atoms with Crippen LogP contribution in [0.2, 0.25) is 10.0 Å². The van der Waals surface area contributed by atoms with Gasteiger partial charge in [0.05, 0.1) is 48.5 Å². The van der Waals surface area contributed by atoms with Crippen LogP contribution < -0.4 is 25.7 Å². The van der Waals surface area contributed by atoms with E-state index in [1.54, 1.807) is 29.0 Å². The number of benzene rings is 1. The molecule has 2 amide bonds. The third-order valence-corrected chi connectivity index (χ3v) is 9.70. The van der Waals surface area contributed by atoms with Gasteiger partial charge in [-0.15, -0.1) is 0 Å². The monoisotopic (exact) mass is 727 g/mol. The first kappa shape index (κ1) is 37.1. The third kappa shape index (κ3) is 8.40. The minimum absolute atomic E-state index is 0.0242. The summed E-state index contributed by atoms with van der Waals surface area (Å²) in [6.07, 6.45) is 8.32. The van der Waals surface area contributed by atoms with Gasteiger partial charge in [0.1, 0.15) is 17.1 Å². The zero-order valence-corrected chi connectivity index (χ0v) is 30.2. The van der Waals surface area contributed by atoms with E-state index in [2.05, 4.69) is 22.2 Å². The van der Waals surface area contributed by atoms with Gasteiger partial charge in [0.15, 0.2) is 0 Å². The number of carbonyl (C=O) groups excluding carboxylic acids is 2. The highest BCUT2D eigenvalue weighted by Gasteiger charge is 2.29. The molecular weight excluding hydrogens is 685 g/mol. The van der Waals surface area contributed by atoms with E-state index in [1.165, 1.54) is 20.3 Å². The van der Waals surface area contributed by atoms with E-state index in [0.29, 0.717) is 81.2 Å². The summed E-state index contributed by atoms with van der Waals surface area (Å²) in [6.45, 7) is 6.51. The van der Waals surface area contributed by atoms with E-state index < -0.39 is 0 Å². The summed E-state index contributed by atoms with van der Waals surface area (Å²) >= 11 is 13.6. The Bertz CT molecular complexity index is 1800. The van der Waals surface area contributed by atoms with E-state index >= 15 is 0 Å². The molecule has 0 saturated carbocycles. The Morgan fingerprint density at radius 1 is 1.10 bits per heavy atom. The average Bonchev–Trinajstić information content (AvgIpc) is 3.11. The summed E-state index contributed by atoms with van der Waals surface area (Å²) in [5.74, 6) is 0.639. The third-order valence-electron chi connectivity index (χ3n) is 8.95. The Hall–Kier alpha value is -4.17. The fourth-order valence-electron chi connectivity index (χ4n) is 6.22. The molecule has 0 aliphatic carbocycles. The standard InChI is InChI=1S/C35H43Cl2N7O6/c1-6-28(45)39-24-11-15-50-20-25(24)40-35-38-18-22-16-23(30-31(36)26(48-4)17-27(49-5)32(30)37)34(47)44(33(22)41-35)19-21-9-13-43(14-10-21)29(46)8-7-12-42(2)3/h6-8,16-18,21,24-25H,1,9-15,19-20H2,2-5H3,(H,39,45)(H,38,40,41)/b8-7+/t24-,25+/m0/s1. The molecule has 1 aromatic carbocycles. The average molecular weight is 729 g/mol. The number of nitrogens with zero attached hydrogens (tertiary/aromatic N) is 5. The Kier molecular flexibility index (Phi) is 12.4. The Balaban J connectivity index is 1.53. The maximum atomic E-state index is 14.5. The molecule has 2 aliphatic rings. The van der Waals surface area contributed by atoms with Crippen molar-refractivity contribution in [1.29, 1.82) is 0 Å². The number of halogens is 2. The van der Waals surface area contributed by atoms with Crippen molar-refractivity contribution in [1.82, 2.24) is 29.7 Å². The number of hydrogen-bond acceptors (Lipinski definition) is 10. The molecule has 0 radical (unpaired) electrons. The second-order valence-corrected chi connectivity index (χ2v) is 13.4. The van der Waals surface area contributed by atoms with Crippen LogP contribution in [0, 0.1) is 5.92 Å². The van der Waals surface area contributed by atoms with Crippen LogP contribution in [-0.2, 0) is 20.9 Å². The predicted molar refractivity (Wildman–Crippen MR) is 194 cm³/mol. The number of methoxy groups -OCH3 is 2. The van der Waals surface area contributed by atoms with Crippen molar-refractivity contribution < 1.29 is 23.8 Å². The van der Waals surface area contributed by atoms with Crippen LogP contribution in [0.3, 0.4) is 0 Å². The van der Waals surface area contributed by atoms with Crippen molar-refractivity contribution in [3.05, 3.63) is 63.5 Å². The number of hydrogen-bond donors (Lipinski definition) is 2. The number of piperidine rings is 1. The summed E-state index contributed by atoms with van der Waals surface area (Å²) in [7, 11) is 6.84. The number of pyridine rings is 1. The van der Waals surface area contributed by atoms with Gasteiger partial charge in [-0.25, -0.2) is 4.98 Å². The normalized spacial score (nSPS) is 18.4. The molecular formula is C35H43Cl2N7O6. The first-order valence-electron chi connectivity index (χ1n) is 16.4. The summed E-state index contributed by atoms with van der Waals surface area (Å²) in [6, 6.07) is 2.68. The van der Waals surface area contributed by atoms with Crippen LogP contribution in [0.15, 0.2) is 47.9 Å². The van der Waals surface area contributed by atoms with E-state index in [9.17, 15) is 14.4 Å². The van der Waals surface area contributed by atoms with Gasteiger partial charge in [-0.05, 0) is 51.4 Å². The summed E-state index contributed by atoms with van der Waals surface area (Å²) in [5.41, 5.74) is 0.563. The van der Waals surface area contributed by atoms with E-state index in [-0.39, 0.29) is 62.5 Å². The van der Waals surface area contributed by atoms with E-state index in [0.717, 1.165) is 0 Å². The van der Waals surface area contributed by atoms with Crippen molar-refractivity contribution in [3.8, 4) is 22.6 Å². The molecule has 4 heterocycles. The second kappa shape index (κ2) is 16.7. The van der Waals surface area contributed by atoms with Gasteiger partial charge < -0.3 is 34.6 Å². The molecule has 0 bridgehead atoms. The maximum Gasteiger partial charge on any atom is 0.260 e. The van der Waals surface area contributed by atoms with Crippen molar-refractivity contribution in [2.75, 3.05) is 66.5 Å². The van der Waals surface area contributed by atoms with Gasteiger partial charge in [-0.3, -0.25) is 19.0 Å². The number of aromatic nitrogens is 3. The van der Waals surface area contributed by atoms with E-state index in [4.69, 9.17) is 42.4 Å². The first-order chi connectivity index (χ1) is 24.0. The number of rotatable bonds is 12. The molecule has 2 atom stereocenters. The molecule has 15 heteroatoms. The highest BCUT2D eigenvalue weighted by molar-refractivity contribution is 6.41. The number of carbonyl (C=O) groups is 2. The van der Waals surface area contributed by atoms with E-state index in [1.807, 2.05) is 30.0 Å². The van der Waals surface area contributed by atoms with Gasteiger partial charge in [-0.2, -0.15) is 4.98 Å². The smallest absolute Gasteiger partial charge is 0.260 e. The summed E-state index contributed by atoms with van der Waals surface area (Å²) < 4.78 is 18.3. The lowest BCUT2D eigenvalue weighted by molar-refractivity contribution is -0.127. The SMILES string of the molecule is C=CC(=O)N[C@H]1CCOC[C@H]1Nc1ncc2cc(-c3c(Cl)c(OC)cc(OC)c3Cl)c(=O)n(CC3CCN(C(=O)/C=C/CN(C)C)CC3)c2n1. The number of nitrogens with one attached hydrogen (secondary N) is 2. The molecule has 2 aromatic heterocycles. The first-order valence-corrected chi connectivity index (χ1v) is 17.2. The number of fused-ring (bicyclic) bond motifs is 1. The van der Waals surface area contributed by atoms with Crippen LogP contribution in [0.4, 0.5) is 5.95 Å². The lowest BCUT2D eigenvalue weighted by atomic mass is 9.96. The highest BCUT2D eigenvalue weighted by Crippen LogP contribution is 2.45. The minimum atomic E-state index is -0.358. The lowest BCUT2D eigenvalue weighted by Gasteiger charge is -2.32. The van der Waals surface area contributed by atoms with Crippen LogP contribution in [0.25, 0.3) is 22.2 Å². The molecule has 2 aliphatic heterocycles. The molecule has 13 nitrogen and oxygen atoms in total. The van der Waals surface area contributed by atoms with Gasteiger partial charge in [0, 0.05) is 62.1 Å². The lowest BCUT2D eigenvalue weighted by Crippen LogP contribution is -2.52. The van der Waals surface area contributed by atoms with Crippen LogP contribution in [0.1, 0.15) is 19.3 Å². The van der Waals surface area contributed by atoms with Crippen LogP contribution in [0.5, 0.6) is 11.5 Å². The predicted octanol–water partition coefficient (Wildman–Crippen LogP) is 4.01. The number of ether oxygens (including phenoxy) is 3. The summed E-state index contributed by atoms with van der Waals surface area (Å²) in [5, 5.41) is 7.15. The quantitative estimate of drug-likeness (QED) is 0.263. The second-order valence-electron chi connectivity index (χ2n) is 12.6. The number of amides is 2. The Labute approximate surface area is 301 Å². The van der Waals surface area contributed by atoms with Crippen molar-refractivity contribution in [2.24, 2.45) is 5.92 Å². The largest absolute Gasteiger partial charge is 0.495 e. The fraction of sp³-hybridized carbons (Fsp3) is 0.457. The number of likely N-dealkylation sites (N-methyl/N-ethyl adjacent to an activating group) is 1. The van der Waals surface area contributed by atoms with Gasteiger partial charge in [0.2, 0.25) is 17.8 Å². The van der Waals surface area contributed by atoms with Gasteiger partial charge in [0.25, 0.3) is 5.56 Å². The molecule has 0 spiro atoms. The molecule has 50 heavy (non-hydrogen) atoms. The molecule has 2 saturated heterocycles. The zero-order valence-electron chi connectivity index (χ0n) is 28.7. The summed E-state index contributed by atoms with van der Waals surface area (Å²) in [4.78, 5) is 52.7. The highest BCUT2D eigenvalue weighted by atomic mass is 35.5. The molecule has 2 fully saturated rings. The van der Waals surface area contributed by atoms with Crippen molar-refractivity contribution >= 4 is 52.0 Å². The topological polar surface area (TPSA) is 140 Å². The molecule has 5 rings (SSSR count). The Morgan fingerprint density at radius 2 is 1.80 bits per heavy atom. The number of anilines is 1. The Morgan fingerprint density at radius 3 is 2.44 bits per heavy atom. The number of likely N-dealkylation sites (tertiary alicyclic amines) is 1. The molecule has 2 N–H and O–H groups in total. The van der Waals surface area contributed by atoms with Crippen LogP contribution >= 0.6 is 23.2 Å². The van der Waals surface area contributed by atoms with Gasteiger partial charge in [-0.1, -0.05) is 35.9 Å². The fourth-order valence-corrected chi connectivity index (χ4v) is 6.93. The molecule has 0 unspecified atom stereocenters. The minimum Gasteiger partial charge on any atom is -0.495 e. The maximum absolute atomic E-state index is 14.5. The zero-order chi connectivity index (χ0) is 35.9. The molecule has 3 aromatic rings.